The highest BCUT2D eigenvalue weighted by atomic mass is 16.5. The number of nitrogens with two attached hydrogens (primary N) is 1. The van der Waals surface area contributed by atoms with Gasteiger partial charge in [0.15, 0.2) is 0 Å². The number of aromatic nitrogens is 1. The standard InChI is InChI=1S/C17H25N5O3/c18-15(23)17(5-9-25-10-6-17)12-20-16(24)21-13-3-4-14(19-11-13)22-7-1-2-8-22/h3-4,11H,1-2,5-10,12H2,(H2,18,23)(H2,20,21,24). The van der Waals surface area contributed by atoms with Gasteiger partial charge in [-0.2, -0.15) is 0 Å². The van der Waals surface area contributed by atoms with E-state index in [1.54, 1.807) is 6.20 Å². The summed E-state index contributed by atoms with van der Waals surface area (Å²) in [5, 5.41) is 5.49. The van der Waals surface area contributed by atoms with Crippen LogP contribution in [0.1, 0.15) is 25.7 Å². The molecule has 25 heavy (non-hydrogen) atoms. The summed E-state index contributed by atoms with van der Waals surface area (Å²) in [5.74, 6) is 0.533. The van der Waals surface area contributed by atoms with Gasteiger partial charge in [-0.1, -0.05) is 0 Å². The fraction of sp³-hybridized carbons (Fsp3) is 0.588. The molecule has 2 aliphatic heterocycles. The van der Waals surface area contributed by atoms with Gasteiger partial charge in [-0.3, -0.25) is 4.79 Å². The van der Waals surface area contributed by atoms with E-state index >= 15 is 0 Å². The Balaban J connectivity index is 1.52. The minimum absolute atomic E-state index is 0.205. The van der Waals surface area contributed by atoms with Crippen LogP contribution in [0.4, 0.5) is 16.3 Å². The molecule has 0 aromatic carbocycles. The summed E-state index contributed by atoms with van der Waals surface area (Å²) < 4.78 is 5.28. The van der Waals surface area contributed by atoms with Gasteiger partial charge in [0.25, 0.3) is 0 Å². The van der Waals surface area contributed by atoms with E-state index < -0.39 is 11.3 Å². The van der Waals surface area contributed by atoms with Crippen LogP contribution < -0.4 is 21.3 Å². The molecule has 0 radical (unpaired) electrons. The zero-order valence-corrected chi connectivity index (χ0v) is 14.3. The molecule has 8 heteroatoms. The lowest BCUT2D eigenvalue weighted by molar-refractivity contribution is -0.132. The van der Waals surface area contributed by atoms with Crippen LogP contribution in [-0.2, 0) is 9.53 Å². The Morgan fingerprint density at radius 3 is 2.56 bits per heavy atom. The zero-order valence-electron chi connectivity index (χ0n) is 14.3. The Bertz CT molecular complexity index is 607. The Morgan fingerprint density at radius 1 is 1.24 bits per heavy atom. The molecule has 0 atom stereocenters. The van der Waals surface area contributed by atoms with E-state index in [4.69, 9.17) is 10.5 Å². The first-order valence-electron chi connectivity index (χ1n) is 8.73. The molecular formula is C17H25N5O3. The molecule has 0 aliphatic carbocycles. The van der Waals surface area contributed by atoms with Crippen molar-refractivity contribution < 1.29 is 14.3 Å². The Hall–Kier alpha value is -2.35. The van der Waals surface area contributed by atoms with E-state index in [2.05, 4.69) is 20.5 Å². The molecule has 1 aromatic heterocycles. The highest BCUT2D eigenvalue weighted by molar-refractivity contribution is 5.90. The molecule has 0 bridgehead atoms. The van der Waals surface area contributed by atoms with Crippen molar-refractivity contribution in [1.82, 2.24) is 10.3 Å². The van der Waals surface area contributed by atoms with Gasteiger partial charge in [-0.15, -0.1) is 0 Å². The number of rotatable bonds is 5. The molecule has 0 saturated carbocycles. The Kier molecular flexibility index (Phi) is 5.37. The molecule has 3 amide bonds. The maximum absolute atomic E-state index is 12.1. The van der Waals surface area contributed by atoms with Crippen LogP contribution in [0.25, 0.3) is 0 Å². The zero-order chi connectivity index (χ0) is 17.7. The highest BCUT2D eigenvalue weighted by Gasteiger charge is 2.38. The first kappa shape index (κ1) is 17.5. The maximum atomic E-state index is 12.1. The molecule has 2 aliphatic rings. The molecule has 8 nitrogen and oxygen atoms in total. The second-order valence-electron chi connectivity index (χ2n) is 6.66. The number of nitrogens with one attached hydrogen (secondary N) is 2. The topological polar surface area (TPSA) is 110 Å². The van der Waals surface area contributed by atoms with Crippen LogP contribution in [0.5, 0.6) is 0 Å². The number of ether oxygens (including phenoxy) is 1. The van der Waals surface area contributed by atoms with E-state index in [-0.39, 0.29) is 12.6 Å². The van der Waals surface area contributed by atoms with Crippen molar-refractivity contribution in [1.29, 1.82) is 0 Å². The second kappa shape index (κ2) is 7.69. The van der Waals surface area contributed by atoms with Gasteiger partial charge in [-0.05, 0) is 37.8 Å². The predicted octanol–water partition coefficient (Wildman–Crippen LogP) is 1.09. The molecular weight excluding hydrogens is 322 g/mol. The van der Waals surface area contributed by atoms with Gasteiger partial charge >= 0.3 is 6.03 Å². The van der Waals surface area contributed by atoms with Crippen molar-refractivity contribution in [2.45, 2.75) is 25.7 Å². The Morgan fingerprint density at radius 2 is 1.96 bits per heavy atom. The fourth-order valence-corrected chi connectivity index (χ4v) is 3.29. The third-order valence-electron chi connectivity index (χ3n) is 5.00. The van der Waals surface area contributed by atoms with E-state index in [0.717, 1.165) is 18.9 Å². The summed E-state index contributed by atoms with van der Waals surface area (Å²) in [6.07, 6.45) is 5.07. The number of anilines is 2. The molecule has 3 rings (SSSR count). The average molecular weight is 347 g/mol. The van der Waals surface area contributed by atoms with Crippen molar-refractivity contribution in [3.05, 3.63) is 18.3 Å². The van der Waals surface area contributed by atoms with Crippen molar-refractivity contribution in [2.75, 3.05) is 43.1 Å². The number of nitrogens with zero attached hydrogens (tertiary/aromatic N) is 2. The molecule has 136 valence electrons. The summed E-state index contributed by atoms with van der Waals surface area (Å²) in [7, 11) is 0. The van der Waals surface area contributed by atoms with Crippen LogP contribution >= 0.6 is 0 Å². The first-order valence-corrected chi connectivity index (χ1v) is 8.73. The number of carbonyl (C=O) groups is 2. The Labute approximate surface area is 147 Å². The molecule has 2 fully saturated rings. The van der Waals surface area contributed by atoms with Crippen molar-refractivity contribution in [3.63, 3.8) is 0 Å². The normalized spacial score (nSPS) is 19.4. The van der Waals surface area contributed by atoms with Crippen LogP contribution in [0.3, 0.4) is 0 Å². The number of urea groups is 1. The largest absolute Gasteiger partial charge is 0.381 e. The predicted molar refractivity (Wildman–Crippen MR) is 94.4 cm³/mol. The van der Waals surface area contributed by atoms with Crippen LogP contribution in [0.2, 0.25) is 0 Å². The average Bonchev–Trinajstić information content (AvgIpc) is 3.16. The van der Waals surface area contributed by atoms with Gasteiger partial charge in [0.2, 0.25) is 5.91 Å². The third kappa shape index (κ3) is 4.19. The molecule has 2 saturated heterocycles. The van der Waals surface area contributed by atoms with Gasteiger partial charge < -0.3 is 26.0 Å². The lowest BCUT2D eigenvalue weighted by Gasteiger charge is -2.34. The van der Waals surface area contributed by atoms with Gasteiger partial charge in [0.05, 0.1) is 17.3 Å². The SMILES string of the molecule is NC(=O)C1(CNC(=O)Nc2ccc(N3CCCC3)nc2)CCOCC1. The van der Waals surface area contributed by atoms with Gasteiger partial charge in [0.1, 0.15) is 5.82 Å². The summed E-state index contributed by atoms with van der Waals surface area (Å²) >= 11 is 0. The van der Waals surface area contributed by atoms with Gasteiger partial charge in [0, 0.05) is 32.8 Å². The van der Waals surface area contributed by atoms with Crippen molar-refractivity contribution >= 4 is 23.4 Å². The molecule has 0 spiro atoms. The monoisotopic (exact) mass is 347 g/mol. The van der Waals surface area contributed by atoms with Crippen molar-refractivity contribution in [2.24, 2.45) is 11.1 Å². The van der Waals surface area contributed by atoms with Crippen LogP contribution in [0, 0.1) is 5.41 Å². The fourth-order valence-electron chi connectivity index (χ4n) is 3.29. The van der Waals surface area contributed by atoms with E-state index in [1.807, 2.05) is 12.1 Å². The van der Waals surface area contributed by atoms with Crippen LogP contribution in [-0.4, -0.2) is 49.8 Å². The molecule has 3 heterocycles. The molecule has 4 N–H and O–H groups in total. The third-order valence-corrected chi connectivity index (χ3v) is 5.00. The number of primary amides is 1. The lowest BCUT2D eigenvalue weighted by atomic mass is 9.79. The number of amides is 3. The number of pyridine rings is 1. The molecule has 1 aromatic rings. The lowest BCUT2D eigenvalue weighted by Crippen LogP contribution is -2.50. The van der Waals surface area contributed by atoms with Crippen molar-refractivity contribution in [3.8, 4) is 0 Å². The van der Waals surface area contributed by atoms with Gasteiger partial charge in [-0.25, -0.2) is 9.78 Å². The smallest absolute Gasteiger partial charge is 0.319 e. The minimum Gasteiger partial charge on any atom is -0.381 e. The summed E-state index contributed by atoms with van der Waals surface area (Å²) in [6.45, 7) is 3.22. The first-order chi connectivity index (χ1) is 12.1. The van der Waals surface area contributed by atoms with E-state index in [9.17, 15) is 9.59 Å². The second-order valence-corrected chi connectivity index (χ2v) is 6.66. The highest BCUT2D eigenvalue weighted by Crippen LogP contribution is 2.29. The maximum Gasteiger partial charge on any atom is 0.319 e. The van der Waals surface area contributed by atoms with E-state index in [0.29, 0.717) is 31.7 Å². The summed E-state index contributed by atoms with van der Waals surface area (Å²) in [5.41, 5.74) is 5.42. The minimum atomic E-state index is -0.729. The quantitative estimate of drug-likeness (QED) is 0.738. The number of hydrogen-bond acceptors (Lipinski definition) is 5. The summed E-state index contributed by atoms with van der Waals surface area (Å²) in [6, 6.07) is 3.37. The molecule has 0 unspecified atom stereocenters. The summed E-state index contributed by atoms with van der Waals surface area (Å²) in [4.78, 5) is 30.5. The number of carbonyl (C=O) groups excluding carboxylic acids is 2. The van der Waals surface area contributed by atoms with Crippen LogP contribution in [0.15, 0.2) is 18.3 Å². The van der Waals surface area contributed by atoms with E-state index in [1.165, 1.54) is 12.8 Å². The number of hydrogen-bond donors (Lipinski definition) is 3.